The molecule has 2 heterocycles. The van der Waals surface area contributed by atoms with Crippen molar-refractivity contribution in [1.82, 2.24) is 9.88 Å². The molecule has 0 spiro atoms. The minimum atomic E-state index is -0.559. The molecule has 3 N–H and O–H groups in total. The van der Waals surface area contributed by atoms with E-state index >= 15 is 0 Å². The van der Waals surface area contributed by atoms with E-state index in [1.165, 1.54) is 28.4 Å². The number of primary amides is 1. The first-order chi connectivity index (χ1) is 11.5. The first-order valence-corrected chi connectivity index (χ1v) is 8.40. The van der Waals surface area contributed by atoms with Crippen LogP contribution in [0.15, 0.2) is 30.5 Å². The molecule has 2 aromatic rings. The van der Waals surface area contributed by atoms with Crippen molar-refractivity contribution in [3.8, 4) is 0 Å². The maximum absolute atomic E-state index is 13.2. The molecule has 1 aromatic heterocycles. The molecule has 1 atom stereocenters. The predicted molar refractivity (Wildman–Crippen MR) is 89.3 cm³/mol. The molecule has 1 fully saturated rings. The summed E-state index contributed by atoms with van der Waals surface area (Å²) in [6, 6.07) is 5.43. The smallest absolute Gasteiger partial charge is 0.324 e. The van der Waals surface area contributed by atoms with Crippen LogP contribution >= 0.6 is 11.3 Å². The normalized spacial score (nSPS) is 17.0. The number of nitrogens with one attached hydrogen (secondary N) is 1. The van der Waals surface area contributed by atoms with Gasteiger partial charge in [0.05, 0.1) is 0 Å². The fraction of sp³-hybridized carbons (Fsp3) is 0.312. The molecule has 6 nitrogen and oxygen atoms in total. The van der Waals surface area contributed by atoms with Gasteiger partial charge in [0.15, 0.2) is 5.13 Å². The highest BCUT2D eigenvalue weighted by Crippen LogP contribution is 2.23. The zero-order chi connectivity index (χ0) is 17.1. The Hall–Kier alpha value is -2.48. The lowest BCUT2D eigenvalue weighted by molar-refractivity contribution is -0.121. The second kappa shape index (κ2) is 6.96. The van der Waals surface area contributed by atoms with Crippen LogP contribution in [-0.2, 0) is 11.2 Å². The number of urea groups is 1. The van der Waals surface area contributed by atoms with Crippen molar-refractivity contribution < 1.29 is 14.0 Å². The van der Waals surface area contributed by atoms with Gasteiger partial charge in [-0.05, 0) is 30.5 Å². The van der Waals surface area contributed by atoms with E-state index < -0.39 is 11.9 Å². The number of aromatic nitrogens is 1. The van der Waals surface area contributed by atoms with E-state index in [1.54, 1.807) is 12.3 Å². The molecule has 0 bridgehead atoms. The van der Waals surface area contributed by atoms with E-state index in [1.807, 2.05) is 6.07 Å². The Morgan fingerprint density at radius 3 is 3.04 bits per heavy atom. The lowest BCUT2D eigenvalue weighted by Crippen LogP contribution is -2.45. The van der Waals surface area contributed by atoms with Gasteiger partial charge in [0.25, 0.3) is 0 Å². The largest absolute Gasteiger partial charge is 0.368 e. The molecule has 1 aliphatic rings. The topological polar surface area (TPSA) is 88.3 Å². The molecule has 1 saturated heterocycles. The van der Waals surface area contributed by atoms with Crippen molar-refractivity contribution in [2.75, 3.05) is 11.9 Å². The summed E-state index contributed by atoms with van der Waals surface area (Å²) in [5.74, 6) is -0.773. The number of hydrogen-bond acceptors (Lipinski definition) is 4. The summed E-state index contributed by atoms with van der Waals surface area (Å²) in [5.41, 5.74) is 6.16. The van der Waals surface area contributed by atoms with Crippen LogP contribution in [0, 0.1) is 5.82 Å². The molecule has 0 radical (unpaired) electrons. The van der Waals surface area contributed by atoms with Gasteiger partial charge in [-0.25, -0.2) is 14.2 Å². The van der Waals surface area contributed by atoms with Crippen LogP contribution in [0.4, 0.5) is 14.3 Å². The van der Waals surface area contributed by atoms with Gasteiger partial charge in [-0.15, -0.1) is 11.3 Å². The third kappa shape index (κ3) is 3.70. The van der Waals surface area contributed by atoms with Crippen molar-refractivity contribution in [1.29, 1.82) is 0 Å². The van der Waals surface area contributed by atoms with Crippen LogP contribution < -0.4 is 11.1 Å². The summed E-state index contributed by atoms with van der Waals surface area (Å²) in [7, 11) is 0. The lowest BCUT2D eigenvalue weighted by Gasteiger charge is -2.21. The number of halogens is 1. The van der Waals surface area contributed by atoms with Crippen molar-refractivity contribution in [3.63, 3.8) is 0 Å². The lowest BCUT2D eigenvalue weighted by atomic mass is 10.1. The van der Waals surface area contributed by atoms with Gasteiger partial charge in [-0.1, -0.05) is 12.1 Å². The number of nitrogens with zero attached hydrogens (tertiary/aromatic N) is 2. The number of hydrogen-bond donors (Lipinski definition) is 2. The van der Waals surface area contributed by atoms with Crippen molar-refractivity contribution >= 4 is 28.4 Å². The molecule has 24 heavy (non-hydrogen) atoms. The molecular formula is C16H17FN4O2S. The fourth-order valence-electron chi connectivity index (χ4n) is 2.76. The summed E-state index contributed by atoms with van der Waals surface area (Å²) < 4.78 is 13.2. The van der Waals surface area contributed by atoms with Gasteiger partial charge in [-0.2, -0.15) is 0 Å². The summed E-state index contributed by atoms with van der Waals surface area (Å²) in [4.78, 5) is 30.1. The van der Waals surface area contributed by atoms with E-state index in [2.05, 4.69) is 10.3 Å². The van der Waals surface area contributed by atoms with Gasteiger partial charge in [0, 0.05) is 24.0 Å². The maximum atomic E-state index is 13.2. The molecule has 0 saturated carbocycles. The quantitative estimate of drug-likeness (QED) is 0.889. The number of amides is 3. The van der Waals surface area contributed by atoms with Gasteiger partial charge in [0.2, 0.25) is 5.91 Å². The zero-order valence-corrected chi connectivity index (χ0v) is 13.7. The Labute approximate surface area is 142 Å². The third-order valence-electron chi connectivity index (χ3n) is 3.88. The van der Waals surface area contributed by atoms with Crippen LogP contribution in [0.2, 0.25) is 0 Å². The summed E-state index contributed by atoms with van der Waals surface area (Å²) in [6.07, 6.45) is 3.54. The number of benzene rings is 1. The van der Waals surface area contributed by atoms with E-state index in [0.29, 0.717) is 24.5 Å². The number of anilines is 1. The molecule has 3 rings (SSSR count). The van der Waals surface area contributed by atoms with Crippen LogP contribution in [0.3, 0.4) is 0 Å². The summed E-state index contributed by atoms with van der Waals surface area (Å²) in [6.45, 7) is 0.501. The Morgan fingerprint density at radius 2 is 2.29 bits per heavy atom. The van der Waals surface area contributed by atoms with Gasteiger partial charge < -0.3 is 10.6 Å². The highest BCUT2D eigenvalue weighted by Gasteiger charge is 2.32. The Kier molecular flexibility index (Phi) is 4.75. The minimum Gasteiger partial charge on any atom is -0.368 e. The number of carbonyl (C=O) groups excluding carboxylic acids is 2. The molecular weight excluding hydrogens is 331 g/mol. The van der Waals surface area contributed by atoms with E-state index in [9.17, 15) is 14.0 Å². The van der Waals surface area contributed by atoms with Crippen LogP contribution in [-0.4, -0.2) is 34.4 Å². The number of likely N-dealkylation sites (tertiary alicyclic amines) is 1. The Morgan fingerprint density at radius 1 is 1.46 bits per heavy atom. The van der Waals surface area contributed by atoms with E-state index in [-0.39, 0.29) is 11.8 Å². The second-order valence-electron chi connectivity index (χ2n) is 5.62. The third-order valence-corrected chi connectivity index (χ3v) is 4.79. The van der Waals surface area contributed by atoms with E-state index in [0.717, 1.165) is 16.9 Å². The number of carbonyl (C=O) groups is 2. The van der Waals surface area contributed by atoms with Gasteiger partial charge in [0.1, 0.15) is 11.9 Å². The van der Waals surface area contributed by atoms with Gasteiger partial charge >= 0.3 is 6.03 Å². The first kappa shape index (κ1) is 16.4. The minimum absolute atomic E-state index is 0.280. The Balaban J connectivity index is 1.63. The molecule has 3 amide bonds. The molecule has 0 unspecified atom stereocenters. The average Bonchev–Trinajstić information content (AvgIpc) is 3.16. The second-order valence-corrected chi connectivity index (χ2v) is 6.74. The molecule has 126 valence electrons. The number of thiazole rings is 1. The maximum Gasteiger partial charge on any atom is 0.324 e. The first-order valence-electron chi connectivity index (χ1n) is 7.59. The molecule has 0 aliphatic carbocycles. The van der Waals surface area contributed by atoms with Crippen molar-refractivity contribution in [2.24, 2.45) is 5.73 Å². The summed E-state index contributed by atoms with van der Waals surface area (Å²) in [5, 5.41) is 3.14. The highest BCUT2D eigenvalue weighted by atomic mass is 32.1. The molecule has 1 aliphatic heterocycles. The van der Waals surface area contributed by atoms with Crippen molar-refractivity contribution in [2.45, 2.75) is 25.3 Å². The van der Waals surface area contributed by atoms with Crippen molar-refractivity contribution in [3.05, 3.63) is 46.7 Å². The number of rotatable bonds is 4. The monoisotopic (exact) mass is 348 g/mol. The van der Waals surface area contributed by atoms with Gasteiger partial charge in [-0.3, -0.25) is 10.1 Å². The predicted octanol–water partition coefficient (Wildman–Crippen LogP) is 2.35. The fourth-order valence-corrected chi connectivity index (χ4v) is 3.60. The molecule has 1 aromatic carbocycles. The highest BCUT2D eigenvalue weighted by molar-refractivity contribution is 7.15. The average molecular weight is 348 g/mol. The zero-order valence-electron chi connectivity index (χ0n) is 12.9. The Bertz CT molecular complexity index is 764. The van der Waals surface area contributed by atoms with Crippen LogP contribution in [0.25, 0.3) is 0 Å². The van der Waals surface area contributed by atoms with Crippen LogP contribution in [0.5, 0.6) is 0 Å². The molecule has 8 heteroatoms. The standard InChI is InChI=1S/C16H17FN4O2S/c17-11-4-1-3-10(7-11)8-12-9-19-15(24-12)20-16(23)21-6-2-5-13(21)14(18)22/h1,3-4,7,9,13H,2,5-6,8H2,(H2,18,22)(H,19,20,23)/t13-/m0/s1. The summed E-state index contributed by atoms with van der Waals surface area (Å²) >= 11 is 1.32. The number of nitrogens with two attached hydrogens (primary N) is 1. The SMILES string of the molecule is NC(=O)[C@@H]1CCCN1C(=O)Nc1ncc(Cc2cccc(F)c2)s1. The van der Waals surface area contributed by atoms with E-state index in [4.69, 9.17) is 5.73 Å². The van der Waals surface area contributed by atoms with Crippen LogP contribution in [0.1, 0.15) is 23.3 Å².